The van der Waals surface area contributed by atoms with Crippen LogP contribution in [-0.4, -0.2) is 5.11 Å². The first-order chi connectivity index (χ1) is 5.65. The van der Waals surface area contributed by atoms with Crippen molar-refractivity contribution in [3.8, 4) is 0 Å². The molecule has 1 nitrogen and oxygen atoms in total. The number of aliphatic hydroxyl groups is 1. The molecule has 1 aromatic carbocycles. The highest BCUT2D eigenvalue weighted by Crippen LogP contribution is 2.22. The van der Waals surface area contributed by atoms with Crippen LogP contribution < -0.4 is 0 Å². The lowest BCUT2D eigenvalue weighted by molar-refractivity contribution is 0.173. The van der Waals surface area contributed by atoms with E-state index >= 15 is 0 Å². The molecule has 0 saturated carbocycles. The van der Waals surface area contributed by atoms with Gasteiger partial charge in [-0.25, -0.2) is 4.39 Å². The summed E-state index contributed by atoms with van der Waals surface area (Å²) in [6, 6.07) is 4.25. The van der Waals surface area contributed by atoms with Gasteiger partial charge < -0.3 is 5.11 Å². The minimum absolute atomic E-state index is 0.0556. The van der Waals surface area contributed by atoms with E-state index in [-0.39, 0.29) is 5.02 Å². The lowest BCUT2D eigenvalue weighted by Gasteiger charge is -2.07. The molecule has 66 valence electrons. The molecule has 0 aliphatic carbocycles. The van der Waals surface area contributed by atoms with Gasteiger partial charge in [0.05, 0.1) is 11.1 Å². The van der Waals surface area contributed by atoms with Crippen LogP contribution in [0.1, 0.15) is 25.0 Å². The summed E-state index contributed by atoms with van der Waals surface area (Å²) in [5, 5.41) is 9.42. The Morgan fingerprint density at radius 1 is 1.58 bits per heavy atom. The molecule has 1 aromatic rings. The van der Waals surface area contributed by atoms with Gasteiger partial charge in [0, 0.05) is 0 Å². The Labute approximate surface area is 75.8 Å². The number of hydrogen-bond acceptors (Lipinski definition) is 1. The van der Waals surface area contributed by atoms with Crippen molar-refractivity contribution in [2.75, 3.05) is 0 Å². The first kappa shape index (κ1) is 9.49. The Morgan fingerprint density at radius 3 is 2.75 bits per heavy atom. The molecule has 3 heteroatoms. The van der Waals surface area contributed by atoms with Gasteiger partial charge in [-0.2, -0.15) is 0 Å². The lowest BCUT2D eigenvalue weighted by Crippen LogP contribution is -1.95. The fraction of sp³-hybridized carbons (Fsp3) is 0.333. The van der Waals surface area contributed by atoms with Gasteiger partial charge in [-0.3, -0.25) is 0 Å². The molecule has 0 amide bonds. The number of hydrogen-bond donors (Lipinski definition) is 1. The van der Waals surface area contributed by atoms with Crippen molar-refractivity contribution < 1.29 is 9.50 Å². The Kier molecular flexibility index (Phi) is 3.06. The molecule has 0 radical (unpaired) electrons. The summed E-state index contributed by atoms with van der Waals surface area (Å²) in [5.74, 6) is -0.455. The molecule has 0 saturated heterocycles. The van der Waals surface area contributed by atoms with E-state index in [1.165, 1.54) is 18.2 Å². The van der Waals surface area contributed by atoms with Gasteiger partial charge in [0.2, 0.25) is 0 Å². The van der Waals surface area contributed by atoms with Crippen molar-refractivity contribution in [1.29, 1.82) is 0 Å². The fourth-order valence-corrected chi connectivity index (χ4v) is 1.14. The van der Waals surface area contributed by atoms with Crippen LogP contribution in [0.3, 0.4) is 0 Å². The third-order valence-corrected chi connectivity index (χ3v) is 2.00. The zero-order valence-electron chi connectivity index (χ0n) is 6.72. The van der Waals surface area contributed by atoms with Crippen LogP contribution >= 0.6 is 11.6 Å². The third kappa shape index (κ3) is 1.96. The summed E-state index contributed by atoms with van der Waals surface area (Å²) < 4.78 is 12.7. The van der Waals surface area contributed by atoms with Gasteiger partial charge in [0.25, 0.3) is 0 Å². The molecule has 1 N–H and O–H groups in total. The van der Waals surface area contributed by atoms with E-state index in [0.29, 0.717) is 12.0 Å². The molecular weight excluding hydrogens is 179 g/mol. The normalized spacial score (nSPS) is 13.0. The smallest absolute Gasteiger partial charge is 0.141 e. The standard InChI is InChI=1S/C9H10ClFO/c1-2-9(12)6-3-4-8(11)7(10)5-6/h3-5,9,12H,2H2,1H3. The zero-order valence-corrected chi connectivity index (χ0v) is 7.48. The van der Waals surface area contributed by atoms with Crippen LogP contribution in [0.2, 0.25) is 5.02 Å². The van der Waals surface area contributed by atoms with Crippen molar-refractivity contribution in [2.45, 2.75) is 19.4 Å². The summed E-state index contributed by atoms with van der Waals surface area (Å²) in [6.45, 7) is 1.85. The quantitative estimate of drug-likeness (QED) is 0.757. The molecule has 0 fully saturated rings. The summed E-state index contributed by atoms with van der Waals surface area (Å²) >= 11 is 5.53. The lowest BCUT2D eigenvalue weighted by atomic mass is 10.1. The average molecular weight is 189 g/mol. The van der Waals surface area contributed by atoms with Gasteiger partial charge in [0.1, 0.15) is 5.82 Å². The number of rotatable bonds is 2. The highest BCUT2D eigenvalue weighted by molar-refractivity contribution is 6.30. The fourth-order valence-electron chi connectivity index (χ4n) is 0.955. The molecule has 0 aromatic heterocycles. The minimum atomic E-state index is -0.553. The van der Waals surface area contributed by atoms with E-state index in [4.69, 9.17) is 11.6 Å². The van der Waals surface area contributed by atoms with E-state index in [0.717, 1.165) is 0 Å². The summed E-state index contributed by atoms with van der Waals surface area (Å²) in [7, 11) is 0. The number of aliphatic hydroxyl groups excluding tert-OH is 1. The Hall–Kier alpha value is -0.600. The van der Waals surface area contributed by atoms with Gasteiger partial charge in [-0.15, -0.1) is 0 Å². The molecule has 12 heavy (non-hydrogen) atoms. The molecule has 1 rings (SSSR count). The van der Waals surface area contributed by atoms with Crippen LogP contribution in [-0.2, 0) is 0 Å². The van der Waals surface area contributed by atoms with Gasteiger partial charge >= 0.3 is 0 Å². The third-order valence-electron chi connectivity index (χ3n) is 1.72. The molecule has 0 heterocycles. The Bertz CT molecular complexity index is 275. The van der Waals surface area contributed by atoms with Crippen molar-refractivity contribution in [3.05, 3.63) is 34.6 Å². The monoisotopic (exact) mass is 188 g/mol. The second-order valence-corrected chi connectivity index (χ2v) is 3.00. The number of halogens is 2. The maximum absolute atomic E-state index is 12.7. The van der Waals surface area contributed by atoms with E-state index in [1.54, 1.807) is 0 Å². The number of benzene rings is 1. The molecule has 1 atom stereocenters. The largest absolute Gasteiger partial charge is 0.388 e. The van der Waals surface area contributed by atoms with Crippen LogP contribution in [0.15, 0.2) is 18.2 Å². The minimum Gasteiger partial charge on any atom is -0.388 e. The van der Waals surface area contributed by atoms with E-state index in [9.17, 15) is 9.50 Å². The van der Waals surface area contributed by atoms with E-state index < -0.39 is 11.9 Å². The van der Waals surface area contributed by atoms with E-state index in [2.05, 4.69) is 0 Å². The first-order valence-electron chi connectivity index (χ1n) is 3.78. The summed E-state index contributed by atoms with van der Waals surface area (Å²) in [6.07, 6.45) is 0.0465. The second-order valence-electron chi connectivity index (χ2n) is 2.60. The highest BCUT2D eigenvalue weighted by Gasteiger charge is 2.06. The molecule has 0 spiro atoms. The van der Waals surface area contributed by atoms with Crippen LogP contribution in [0.4, 0.5) is 4.39 Å². The van der Waals surface area contributed by atoms with Crippen LogP contribution in [0.5, 0.6) is 0 Å². The first-order valence-corrected chi connectivity index (χ1v) is 4.16. The van der Waals surface area contributed by atoms with Gasteiger partial charge in [-0.1, -0.05) is 24.6 Å². The van der Waals surface area contributed by atoms with Crippen LogP contribution in [0, 0.1) is 5.82 Å². The molecule has 1 unspecified atom stereocenters. The molecular formula is C9H10ClFO. The topological polar surface area (TPSA) is 20.2 Å². The average Bonchev–Trinajstić information content (AvgIpc) is 2.08. The van der Waals surface area contributed by atoms with E-state index in [1.807, 2.05) is 6.92 Å². The maximum Gasteiger partial charge on any atom is 0.141 e. The maximum atomic E-state index is 12.7. The summed E-state index contributed by atoms with van der Waals surface area (Å²) in [5.41, 5.74) is 0.656. The van der Waals surface area contributed by atoms with Crippen molar-refractivity contribution in [3.63, 3.8) is 0 Å². The predicted octanol–water partition coefficient (Wildman–Crippen LogP) is 2.92. The molecule has 0 aliphatic rings. The van der Waals surface area contributed by atoms with Crippen molar-refractivity contribution >= 4 is 11.6 Å². The second kappa shape index (κ2) is 3.87. The SMILES string of the molecule is CCC(O)c1ccc(F)c(Cl)c1. The summed E-state index contributed by atoms with van der Waals surface area (Å²) in [4.78, 5) is 0. The Balaban J connectivity index is 2.96. The van der Waals surface area contributed by atoms with Gasteiger partial charge in [0.15, 0.2) is 0 Å². The Morgan fingerprint density at radius 2 is 2.25 bits per heavy atom. The van der Waals surface area contributed by atoms with Crippen LogP contribution in [0.25, 0.3) is 0 Å². The predicted molar refractivity (Wildman–Crippen MR) is 46.7 cm³/mol. The zero-order chi connectivity index (χ0) is 9.14. The highest BCUT2D eigenvalue weighted by atomic mass is 35.5. The van der Waals surface area contributed by atoms with Crippen molar-refractivity contribution in [1.82, 2.24) is 0 Å². The van der Waals surface area contributed by atoms with Crippen molar-refractivity contribution in [2.24, 2.45) is 0 Å². The molecule has 0 bridgehead atoms. The molecule has 0 aliphatic heterocycles. The van der Waals surface area contributed by atoms with Gasteiger partial charge in [-0.05, 0) is 24.1 Å².